The number of fused-ring (bicyclic) bond motifs is 1. The molecule has 1 aromatic heterocycles. The maximum atomic E-state index is 6.28. The first-order valence-electron chi connectivity index (χ1n) is 6.17. The van der Waals surface area contributed by atoms with Gasteiger partial charge in [-0.15, -0.1) is 0 Å². The summed E-state index contributed by atoms with van der Waals surface area (Å²) >= 11 is 15.9. The second-order valence-corrected chi connectivity index (χ2v) is 6.28. The summed E-state index contributed by atoms with van der Waals surface area (Å²) in [6.45, 7) is 7.17. The molecule has 0 saturated carbocycles. The minimum absolute atomic E-state index is 0.388. The van der Waals surface area contributed by atoms with Gasteiger partial charge in [-0.2, -0.15) is 0 Å². The second kappa shape index (κ2) is 5.86. The minimum Gasteiger partial charge on any atom is -0.370 e. The van der Waals surface area contributed by atoms with Gasteiger partial charge in [0.25, 0.3) is 0 Å². The van der Waals surface area contributed by atoms with E-state index in [-0.39, 0.29) is 0 Å². The van der Waals surface area contributed by atoms with Gasteiger partial charge in [-0.05, 0) is 46.5 Å². The van der Waals surface area contributed by atoms with E-state index in [9.17, 15) is 0 Å². The number of halogens is 3. The van der Waals surface area contributed by atoms with E-state index in [0.29, 0.717) is 16.0 Å². The first-order valence-corrected chi connectivity index (χ1v) is 7.72. The van der Waals surface area contributed by atoms with E-state index in [1.807, 2.05) is 13.0 Å². The summed E-state index contributed by atoms with van der Waals surface area (Å²) in [6.07, 6.45) is 0. The third-order valence-corrected chi connectivity index (χ3v) is 4.65. The number of anilines is 1. The fraction of sp³-hybridized carbons (Fsp3) is 0.357. The maximum absolute atomic E-state index is 6.28. The predicted octanol–water partition coefficient (Wildman–Crippen LogP) is 5.86. The summed E-state index contributed by atoms with van der Waals surface area (Å²) in [7, 11) is 0. The Morgan fingerprint density at radius 2 is 1.95 bits per heavy atom. The van der Waals surface area contributed by atoms with Gasteiger partial charge in [0.1, 0.15) is 5.82 Å². The van der Waals surface area contributed by atoms with Gasteiger partial charge in [0.05, 0.1) is 15.6 Å². The van der Waals surface area contributed by atoms with Crippen LogP contribution in [0, 0.1) is 0 Å². The molecule has 0 saturated heterocycles. The van der Waals surface area contributed by atoms with Crippen LogP contribution < -0.4 is 5.32 Å². The van der Waals surface area contributed by atoms with Crippen LogP contribution in [0.15, 0.2) is 16.6 Å². The molecule has 2 rings (SSSR count). The summed E-state index contributed by atoms with van der Waals surface area (Å²) in [5.74, 6) is 1.27. The summed E-state index contributed by atoms with van der Waals surface area (Å²) in [5, 5.41) is 5.27. The van der Waals surface area contributed by atoms with Crippen LogP contribution in [0.1, 0.15) is 32.3 Å². The molecule has 1 heterocycles. The normalized spacial score (nSPS) is 11.3. The molecule has 0 spiro atoms. The van der Waals surface area contributed by atoms with E-state index in [1.165, 1.54) is 5.56 Å². The summed E-state index contributed by atoms with van der Waals surface area (Å²) in [5.41, 5.74) is 1.91. The number of nitrogens with zero attached hydrogens (tertiary/aromatic N) is 1. The molecule has 0 bridgehead atoms. The highest BCUT2D eigenvalue weighted by Gasteiger charge is 2.15. The van der Waals surface area contributed by atoms with Crippen LogP contribution >= 0.6 is 39.1 Å². The average molecular weight is 362 g/mol. The van der Waals surface area contributed by atoms with Gasteiger partial charge in [0.2, 0.25) is 0 Å². The number of pyridine rings is 1. The van der Waals surface area contributed by atoms with Crippen molar-refractivity contribution < 1.29 is 0 Å². The number of hydrogen-bond acceptors (Lipinski definition) is 2. The van der Waals surface area contributed by atoms with Gasteiger partial charge in [-0.25, -0.2) is 4.98 Å². The Hall–Kier alpha value is -0.510. The van der Waals surface area contributed by atoms with Crippen LogP contribution in [-0.2, 0) is 0 Å². The lowest BCUT2D eigenvalue weighted by Crippen LogP contribution is -2.05. The second-order valence-electron chi connectivity index (χ2n) is 4.67. The lowest BCUT2D eigenvalue weighted by molar-refractivity contribution is 0.861. The molecule has 102 valence electrons. The Bertz CT molecular complexity index is 627. The molecule has 0 amide bonds. The molecule has 1 N–H and O–H groups in total. The van der Waals surface area contributed by atoms with Crippen LogP contribution in [0.5, 0.6) is 0 Å². The molecular weight excluding hydrogens is 347 g/mol. The Morgan fingerprint density at radius 1 is 1.26 bits per heavy atom. The molecule has 0 fully saturated rings. The number of hydrogen-bond donors (Lipinski definition) is 1. The monoisotopic (exact) mass is 360 g/mol. The molecule has 1 aromatic carbocycles. The van der Waals surface area contributed by atoms with Crippen molar-refractivity contribution in [1.29, 1.82) is 0 Å². The Balaban J connectivity index is 2.77. The molecule has 2 nitrogen and oxygen atoms in total. The highest BCUT2D eigenvalue weighted by atomic mass is 79.9. The van der Waals surface area contributed by atoms with Crippen LogP contribution in [0.2, 0.25) is 10.0 Å². The van der Waals surface area contributed by atoms with Crippen molar-refractivity contribution in [3.05, 3.63) is 32.2 Å². The molecule has 0 aliphatic carbocycles. The third kappa shape index (κ3) is 2.83. The molecule has 0 radical (unpaired) electrons. The molecule has 0 atom stereocenters. The average Bonchev–Trinajstić information content (AvgIpc) is 2.36. The largest absolute Gasteiger partial charge is 0.370 e. The highest BCUT2D eigenvalue weighted by Crippen LogP contribution is 2.38. The van der Waals surface area contributed by atoms with E-state index < -0.39 is 0 Å². The molecule has 19 heavy (non-hydrogen) atoms. The topological polar surface area (TPSA) is 24.9 Å². The van der Waals surface area contributed by atoms with Crippen molar-refractivity contribution in [3.8, 4) is 0 Å². The van der Waals surface area contributed by atoms with Gasteiger partial charge in [-0.1, -0.05) is 37.0 Å². The number of aromatic nitrogens is 1. The first-order chi connectivity index (χ1) is 8.95. The quantitative estimate of drug-likeness (QED) is 0.692. The molecule has 0 unspecified atom stereocenters. The maximum Gasteiger partial charge on any atom is 0.130 e. The number of nitrogens with one attached hydrogen (secondary N) is 1. The zero-order valence-corrected chi connectivity index (χ0v) is 14.1. The molecule has 0 aliphatic rings. The van der Waals surface area contributed by atoms with Gasteiger partial charge < -0.3 is 5.32 Å². The molecule has 5 heteroatoms. The smallest absolute Gasteiger partial charge is 0.130 e. The van der Waals surface area contributed by atoms with Crippen LogP contribution in [0.3, 0.4) is 0 Å². The SMILES string of the molecule is CCNc1nc2c(Cl)c(Cl)c(Br)cc2cc1C(C)C. The van der Waals surface area contributed by atoms with Gasteiger partial charge in [-0.3, -0.25) is 0 Å². The van der Waals surface area contributed by atoms with Gasteiger partial charge in [0.15, 0.2) is 0 Å². The summed E-state index contributed by atoms with van der Waals surface area (Å²) in [6, 6.07) is 4.08. The zero-order valence-electron chi connectivity index (χ0n) is 11.0. The highest BCUT2D eigenvalue weighted by molar-refractivity contribution is 9.10. The van der Waals surface area contributed by atoms with Crippen molar-refractivity contribution >= 4 is 55.9 Å². The Labute approximate surface area is 131 Å². The molecule has 0 aliphatic heterocycles. The Morgan fingerprint density at radius 3 is 2.53 bits per heavy atom. The zero-order chi connectivity index (χ0) is 14.2. The van der Waals surface area contributed by atoms with E-state index in [4.69, 9.17) is 23.2 Å². The fourth-order valence-corrected chi connectivity index (χ4v) is 2.95. The number of rotatable bonds is 3. The van der Waals surface area contributed by atoms with Crippen molar-refractivity contribution in [2.24, 2.45) is 0 Å². The van der Waals surface area contributed by atoms with Gasteiger partial charge in [0, 0.05) is 16.4 Å². The van der Waals surface area contributed by atoms with Crippen LogP contribution in [0.25, 0.3) is 10.9 Å². The van der Waals surface area contributed by atoms with E-state index >= 15 is 0 Å². The van der Waals surface area contributed by atoms with Crippen molar-refractivity contribution in [3.63, 3.8) is 0 Å². The van der Waals surface area contributed by atoms with Crippen LogP contribution in [-0.4, -0.2) is 11.5 Å². The predicted molar refractivity (Wildman–Crippen MR) is 87.7 cm³/mol. The van der Waals surface area contributed by atoms with Crippen molar-refractivity contribution in [2.45, 2.75) is 26.7 Å². The number of benzene rings is 1. The summed E-state index contributed by atoms with van der Waals surface area (Å²) in [4.78, 5) is 4.64. The minimum atomic E-state index is 0.388. The van der Waals surface area contributed by atoms with E-state index in [0.717, 1.165) is 27.7 Å². The van der Waals surface area contributed by atoms with Crippen molar-refractivity contribution in [2.75, 3.05) is 11.9 Å². The van der Waals surface area contributed by atoms with E-state index in [2.05, 4.69) is 46.1 Å². The molecule has 2 aromatic rings. The first kappa shape index (κ1) is 14.9. The fourth-order valence-electron chi connectivity index (χ4n) is 1.99. The van der Waals surface area contributed by atoms with Crippen molar-refractivity contribution in [1.82, 2.24) is 4.98 Å². The standard InChI is InChI=1S/C14H15BrCl2N2/c1-4-18-14-9(7(2)3)5-8-6-10(15)11(16)12(17)13(8)19-14/h5-7H,4H2,1-3H3,(H,18,19). The lowest BCUT2D eigenvalue weighted by Gasteiger charge is -2.15. The van der Waals surface area contributed by atoms with E-state index in [1.54, 1.807) is 0 Å². The molecular formula is C14H15BrCl2N2. The summed E-state index contributed by atoms with van der Waals surface area (Å²) < 4.78 is 0.791. The third-order valence-electron chi connectivity index (χ3n) is 2.94. The van der Waals surface area contributed by atoms with Gasteiger partial charge >= 0.3 is 0 Å². The van der Waals surface area contributed by atoms with Crippen LogP contribution in [0.4, 0.5) is 5.82 Å². The lowest BCUT2D eigenvalue weighted by atomic mass is 10.0. The Kier molecular flexibility index (Phi) is 4.59.